The van der Waals surface area contributed by atoms with Crippen molar-refractivity contribution < 1.29 is 31.2 Å². The van der Waals surface area contributed by atoms with E-state index in [2.05, 4.69) is 5.32 Å². The van der Waals surface area contributed by atoms with Crippen molar-refractivity contribution in [1.82, 2.24) is 10.2 Å². The van der Waals surface area contributed by atoms with Crippen LogP contribution < -0.4 is 9.62 Å². The van der Waals surface area contributed by atoms with Crippen LogP contribution in [0.25, 0.3) is 0 Å². The zero-order valence-electron chi connectivity index (χ0n) is 26.5. The number of amides is 2. The van der Waals surface area contributed by atoms with Crippen molar-refractivity contribution in [2.24, 2.45) is 0 Å². The molecule has 1 aliphatic carbocycles. The van der Waals surface area contributed by atoms with Gasteiger partial charge in [0.05, 0.1) is 21.2 Å². The number of hydrogen-bond acceptors (Lipinski definition) is 4. The van der Waals surface area contributed by atoms with Crippen LogP contribution in [-0.2, 0) is 38.8 Å². The van der Waals surface area contributed by atoms with Gasteiger partial charge in [0.15, 0.2) is 0 Å². The van der Waals surface area contributed by atoms with Gasteiger partial charge in [0, 0.05) is 34.6 Å². The highest BCUT2D eigenvalue weighted by Gasteiger charge is 2.38. The summed E-state index contributed by atoms with van der Waals surface area (Å²) in [6, 6.07) is 22.0. The summed E-state index contributed by atoms with van der Waals surface area (Å²) in [6.45, 7) is -1.28. The number of carbonyl (C=O) groups is 2. The van der Waals surface area contributed by atoms with E-state index in [9.17, 15) is 31.2 Å². The minimum Gasteiger partial charge on any atom is -0.352 e. The van der Waals surface area contributed by atoms with E-state index >= 15 is 0 Å². The molecular formula is C36H33Cl3F3N3O4S. The van der Waals surface area contributed by atoms with Crippen molar-refractivity contribution in [2.45, 2.75) is 61.8 Å². The quantitative estimate of drug-likeness (QED) is 0.157. The molecule has 1 saturated carbocycles. The minimum absolute atomic E-state index is 0.0395. The van der Waals surface area contributed by atoms with E-state index in [-0.39, 0.29) is 33.9 Å². The molecule has 4 aromatic carbocycles. The number of carbonyl (C=O) groups excluding carboxylic acids is 2. The fourth-order valence-electron chi connectivity index (χ4n) is 5.91. The first kappa shape index (κ1) is 37.5. The molecule has 1 atom stereocenters. The first-order valence-electron chi connectivity index (χ1n) is 15.8. The Labute approximate surface area is 304 Å². The van der Waals surface area contributed by atoms with Crippen LogP contribution >= 0.6 is 34.8 Å². The maximum atomic E-state index is 14.7. The van der Waals surface area contributed by atoms with Gasteiger partial charge in [-0.1, -0.05) is 102 Å². The van der Waals surface area contributed by atoms with E-state index in [0.29, 0.717) is 21.5 Å². The van der Waals surface area contributed by atoms with E-state index in [1.165, 1.54) is 29.2 Å². The molecule has 5 rings (SSSR count). The third-order valence-corrected chi connectivity index (χ3v) is 11.3. The number of hydrogen-bond donors (Lipinski definition) is 1. The normalized spacial score (nSPS) is 14.3. The van der Waals surface area contributed by atoms with Gasteiger partial charge in [-0.05, 0) is 60.9 Å². The van der Waals surface area contributed by atoms with Crippen molar-refractivity contribution >= 4 is 62.3 Å². The maximum absolute atomic E-state index is 14.7. The molecule has 2 amide bonds. The van der Waals surface area contributed by atoms with E-state index in [1.807, 2.05) is 0 Å². The van der Waals surface area contributed by atoms with E-state index in [0.717, 1.165) is 37.8 Å². The summed E-state index contributed by atoms with van der Waals surface area (Å²) in [5.74, 6) is -1.35. The first-order valence-corrected chi connectivity index (χ1v) is 18.3. The van der Waals surface area contributed by atoms with Gasteiger partial charge in [-0.25, -0.2) is 8.42 Å². The lowest BCUT2D eigenvalue weighted by Crippen LogP contribution is -2.54. The average molecular weight is 767 g/mol. The molecule has 50 heavy (non-hydrogen) atoms. The number of nitrogens with zero attached hydrogens (tertiary/aromatic N) is 2. The molecule has 0 saturated heterocycles. The highest BCUT2D eigenvalue weighted by atomic mass is 35.5. The van der Waals surface area contributed by atoms with Crippen molar-refractivity contribution in [2.75, 3.05) is 10.8 Å². The summed E-state index contributed by atoms with van der Waals surface area (Å²) < 4.78 is 70.9. The Morgan fingerprint density at radius 1 is 0.820 bits per heavy atom. The lowest BCUT2D eigenvalue weighted by Gasteiger charge is -2.34. The van der Waals surface area contributed by atoms with Crippen LogP contribution in [0.2, 0.25) is 15.1 Å². The second-order valence-corrected chi connectivity index (χ2v) is 15.0. The predicted octanol–water partition coefficient (Wildman–Crippen LogP) is 8.56. The SMILES string of the molecule is O=C(NC1CCCC1)[C@@H](Cc1ccccc1)N(Cc1c(Cl)cccc1Cl)C(=O)CN(c1ccc(Cl)c(C(F)(F)F)c1)S(=O)(=O)c1ccccc1. The second kappa shape index (κ2) is 16.1. The summed E-state index contributed by atoms with van der Waals surface area (Å²) >= 11 is 19.0. The molecule has 0 spiro atoms. The third-order valence-electron chi connectivity index (χ3n) is 8.52. The Balaban J connectivity index is 1.63. The molecule has 0 aliphatic heterocycles. The highest BCUT2D eigenvalue weighted by molar-refractivity contribution is 7.92. The van der Waals surface area contributed by atoms with Gasteiger partial charge in [-0.15, -0.1) is 0 Å². The van der Waals surface area contributed by atoms with Crippen LogP contribution in [0.3, 0.4) is 0 Å². The standard InChI is InChI=1S/C36H33Cl3F3N3O4S/c37-30-16-9-17-31(38)28(30)22-44(33(20-24-10-3-1-4-11-24)35(47)43-25-12-7-8-13-25)34(46)23-45(50(48,49)27-14-5-2-6-15-27)26-18-19-32(39)29(21-26)36(40,41)42/h1-6,9-11,14-19,21,25,33H,7-8,12-13,20,22-23H2,(H,43,47)/t33-/m1/s1. The highest BCUT2D eigenvalue weighted by Crippen LogP contribution is 2.38. The summed E-state index contributed by atoms with van der Waals surface area (Å²) in [5, 5.41) is 2.80. The molecule has 0 unspecified atom stereocenters. The van der Waals surface area contributed by atoms with Crippen LogP contribution in [0.4, 0.5) is 18.9 Å². The fraction of sp³-hybridized carbons (Fsp3) is 0.278. The average Bonchev–Trinajstić information content (AvgIpc) is 3.60. The number of halogens is 6. The molecule has 14 heteroatoms. The number of sulfonamides is 1. The second-order valence-electron chi connectivity index (χ2n) is 11.9. The van der Waals surface area contributed by atoms with Gasteiger partial charge in [0.1, 0.15) is 12.6 Å². The zero-order valence-corrected chi connectivity index (χ0v) is 29.6. The third kappa shape index (κ3) is 8.93. The molecule has 7 nitrogen and oxygen atoms in total. The maximum Gasteiger partial charge on any atom is 0.417 e. The summed E-state index contributed by atoms with van der Waals surface area (Å²) in [5.41, 5.74) is -0.720. The van der Waals surface area contributed by atoms with Crippen molar-refractivity contribution in [3.63, 3.8) is 0 Å². The Morgan fingerprint density at radius 2 is 1.42 bits per heavy atom. The molecule has 1 fully saturated rings. The van der Waals surface area contributed by atoms with Gasteiger partial charge in [0.25, 0.3) is 10.0 Å². The smallest absolute Gasteiger partial charge is 0.352 e. The Bertz CT molecular complexity index is 1910. The zero-order chi connectivity index (χ0) is 36.1. The molecule has 264 valence electrons. The molecule has 0 bridgehead atoms. The van der Waals surface area contributed by atoms with Crippen LogP contribution in [-0.4, -0.2) is 43.8 Å². The Kier molecular flexibility index (Phi) is 12.0. The number of benzene rings is 4. The van der Waals surface area contributed by atoms with Crippen molar-refractivity contribution in [3.8, 4) is 0 Å². The molecule has 0 heterocycles. The lowest BCUT2D eigenvalue weighted by molar-refractivity contribution is -0.140. The van der Waals surface area contributed by atoms with E-state index in [1.54, 1.807) is 54.6 Å². The van der Waals surface area contributed by atoms with Crippen LogP contribution in [0.1, 0.15) is 42.4 Å². The molecule has 4 aromatic rings. The van der Waals surface area contributed by atoms with Gasteiger partial charge in [0.2, 0.25) is 11.8 Å². The number of nitrogens with one attached hydrogen (secondary N) is 1. The summed E-state index contributed by atoms with van der Waals surface area (Å²) in [6.07, 6.45) is -1.51. The topological polar surface area (TPSA) is 86.8 Å². The predicted molar refractivity (Wildman–Crippen MR) is 189 cm³/mol. The van der Waals surface area contributed by atoms with Crippen molar-refractivity contribution in [1.29, 1.82) is 0 Å². The van der Waals surface area contributed by atoms with Gasteiger partial charge >= 0.3 is 6.18 Å². The van der Waals surface area contributed by atoms with Crippen molar-refractivity contribution in [3.05, 3.63) is 129 Å². The van der Waals surface area contributed by atoms with Crippen LogP contribution in [0, 0.1) is 0 Å². The monoisotopic (exact) mass is 765 g/mol. The Hall–Kier alpha value is -3.77. The first-order chi connectivity index (χ1) is 23.8. The number of anilines is 1. The summed E-state index contributed by atoms with van der Waals surface area (Å²) in [7, 11) is -4.65. The van der Waals surface area contributed by atoms with Gasteiger partial charge < -0.3 is 10.2 Å². The van der Waals surface area contributed by atoms with Crippen LogP contribution in [0.15, 0.2) is 102 Å². The van der Waals surface area contributed by atoms with Gasteiger partial charge in [-0.2, -0.15) is 13.2 Å². The molecular weight excluding hydrogens is 734 g/mol. The number of rotatable bonds is 12. The molecule has 1 aliphatic rings. The largest absolute Gasteiger partial charge is 0.417 e. The fourth-order valence-corrected chi connectivity index (χ4v) is 8.08. The molecule has 0 radical (unpaired) electrons. The molecule has 1 N–H and O–H groups in total. The minimum atomic E-state index is -4.93. The van der Waals surface area contributed by atoms with E-state index < -0.39 is 56.9 Å². The summed E-state index contributed by atoms with van der Waals surface area (Å²) in [4.78, 5) is 29.7. The molecule has 0 aromatic heterocycles. The van der Waals surface area contributed by atoms with Crippen LogP contribution in [0.5, 0.6) is 0 Å². The lowest BCUT2D eigenvalue weighted by atomic mass is 10.0. The number of alkyl halides is 3. The Morgan fingerprint density at radius 3 is 2.02 bits per heavy atom. The van der Waals surface area contributed by atoms with Gasteiger partial charge in [-0.3, -0.25) is 13.9 Å². The van der Waals surface area contributed by atoms with E-state index in [4.69, 9.17) is 34.8 Å².